The van der Waals surface area contributed by atoms with Crippen molar-refractivity contribution in [2.24, 2.45) is 5.41 Å². The number of carbonyl (C=O) groups is 1. The van der Waals surface area contributed by atoms with Crippen LogP contribution < -0.4 is 10.6 Å². The summed E-state index contributed by atoms with van der Waals surface area (Å²) in [7, 11) is 0. The maximum atomic E-state index is 11.8. The number of carbonyl (C=O) groups excluding carboxylic acids is 1. The van der Waals surface area contributed by atoms with Crippen molar-refractivity contribution >= 4 is 5.91 Å². The summed E-state index contributed by atoms with van der Waals surface area (Å²) in [6, 6.07) is 0.112. The second-order valence-corrected chi connectivity index (χ2v) is 5.28. The van der Waals surface area contributed by atoms with E-state index < -0.39 is 0 Å². The Labute approximate surface area is 90.4 Å². The first-order chi connectivity index (χ1) is 7.01. The summed E-state index contributed by atoms with van der Waals surface area (Å²) >= 11 is 0. The third kappa shape index (κ3) is 1.88. The van der Waals surface area contributed by atoms with E-state index >= 15 is 0 Å². The normalized spacial score (nSPS) is 38.5. The molecular formula is C11H20N2O2. The molecule has 4 heteroatoms. The number of amides is 1. The highest BCUT2D eigenvalue weighted by molar-refractivity contribution is 5.82. The predicted molar refractivity (Wildman–Crippen MR) is 57.4 cm³/mol. The SMILES string of the molecule is CC1(C)C(O)CC1NC(=O)C1CCCN1. The van der Waals surface area contributed by atoms with Crippen LogP contribution in [0.5, 0.6) is 0 Å². The van der Waals surface area contributed by atoms with Gasteiger partial charge in [0, 0.05) is 11.5 Å². The first-order valence-corrected chi connectivity index (χ1v) is 5.73. The summed E-state index contributed by atoms with van der Waals surface area (Å²) in [5.41, 5.74) is -0.172. The number of aliphatic hydroxyl groups is 1. The Balaban J connectivity index is 1.85. The lowest BCUT2D eigenvalue weighted by molar-refractivity contribution is -0.130. The average molecular weight is 212 g/mol. The van der Waals surface area contributed by atoms with Crippen molar-refractivity contribution in [1.29, 1.82) is 0 Å². The van der Waals surface area contributed by atoms with Crippen LogP contribution in [0.25, 0.3) is 0 Å². The van der Waals surface area contributed by atoms with Crippen molar-refractivity contribution in [2.75, 3.05) is 6.54 Å². The Kier molecular flexibility index (Phi) is 2.73. The molecule has 3 atom stereocenters. The number of rotatable bonds is 2. The van der Waals surface area contributed by atoms with E-state index in [0.717, 1.165) is 19.4 Å². The van der Waals surface area contributed by atoms with E-state index in [4.69, 9.17) is 0 Å². The van der Waals surface area contributed by atoms with Gasteiger partial charge in [0.2, 0.25) is 5.91 Å². The molecule has 2 rings (SSSR count). The Bertz CT molecular complexity index is 259. The van der Waals surface area contributed by atoms with Gasteiger partial charge in [0.25, 0.3) is 0 Å². The Morgan fingerprint density at radius 3 is 2.73 bits per heavy atom. The van der Waals surface area contributed by atoms with Gasteiger partial charge < -0.3 is 15.7 Å². The average Bonchev–Trinajstić information content (AvgIpc) is 2.70. The standard InChI is InChI=1S/C11H20N2O2/c1-11(2)8(6-9(11)14)13-10(15)7-4-3-5-12-7/h7-9,12,14H,3-6H2,1-2H3,(H,13,15). The Morgan fingerprint density at radius 1 is 1.53 bits per heavy atom. The summed E-state index contributed by atoms with van der Waals surface area (Å²) in [5.74, 6) is 0.0949. The van der Waals surface area contributed by atoms with E-state index in [0.29, 0.717) is 6.42 Å². The van der Waals surface area contributed by atoms with E-state index in [1.54, 1.807) is 0 Å². The smallest absolute Gasteiger partial charge is 0.237 e. The topological polar surface area (TPSA) is 61.4 Å². The van der Waals surface area contributed by atoms with E-state index in [2.05, 4.69) is 10.6 Å². The molecule has 1 saturated heterocycles. The minimum absolute atomic E-state index is 0.0152. The third-order valence-corrected chi connectivity index (χ3v) is 3.91. The molecule has 1 heterocycles. The third-order valence-electron chi connectivity index (χ3n) is 3.91. The second-order valence-electron chi connectivity index (χ2n) is 5.28. The van der Waals surface area contributed by atoms with Crippen LogP contribution in [0.1, 0.15) is 33.1 Å². The van der Waals surface area contributed by atoms with Crippen molar-refractivity contribution in [1.82, 2.24) is 10.6 Å². The highest BCUT2D eigenvalue weighted by Crippen LogP contribution is 2.40. The summed E-state index contributed by atoms with van der Waals surface area (Å²) < 4.78 is 0. The maximum Gasteiger partial charge on any atom is 0.237 e. The zero-order chi connectivity index (χ0) is 11.1. The van der Waals surface area contributed by atoms with Crippen LogP contribution in [0.15, 0.2) is 0 Å². The number of nitrogens with one attached hydrogen (secondary N) is 2. The summed E-state index contributed by atoms with van der Waals surface area (Å²) in [4.78, 5) is 11.8. The largest absolute Gasteiger partial charge is 0.392 e. The van der Waals surface area contributed by atoms with Gasteiger partial charge in [-0.25, -0.2) is 0 Å². The molecule has 0 bridgehead atoms. The molecule has 3 unspecified atom stereocenters. The lowest BCUT2D eigenvalue weighted by atomic mass is 9.64. The lowest BCUT2D eigenvalue weighted by Gasteiger charge is -2.49. The molecule has 0 spiro atoms. The van der Waals surface area contributed by atoms with Gasteiger partial charge in [-0.05, 0) is 25.8 Å². The first kappa shape index (κ1) is 10.9. The zero-order valence-electron chi connectivity index (χ0n) is 9.42. The number of hydrogen-bond donors (Lipinski definition) is 3. The van der Waals surface area contributed by atoms with Crippen LogP contribution in [0.2, 0.25) is 0 Å². The predicted octanol–water partition coefficient (Wildman–Crippen LogP) is 0.0140. The summed E-state index contributed by atoms with van der Waals surface area (Å²) in [6.45, 7) is 4.93. The second kappa shape index (κ2) is 3.76. The fourth-order valence-corrected chi connectivity index (χ4v) is 2.33. The van der Waals surface area contributed by atoms with Crippen LogP contribution in [0.3, 0.4) is 0 Å². The van der Waals surface area contributed by atoms with Gasteiger partial charge in [-0.3, -0.25) is 4.79 Å². The highest BCUT2D eigenvalue weighted by atomic mass is 16.3. The summed E-state index contributed by atoms with van der Waals surface area (Å²) in [5, 5.41) is 15.7. The lowest BCUT2D eigenvalue weighted by Crippen LogP contribution is -2.62. The minimum atomic E-state index is -0.278. The monoisotopic (exact) mass is 212 g/mol. The highest BCUT2D eigenvalue weighted by Gasteiger charge is 2.48. The fourth-order valence-electron chi connectivity index (χ4n) is 2.33. The van der Waals surface area contributed by atoms with Crippen molar-refractivity contribution < 1.29 is 9.90 Å². The molecule has 1 aliphatic carbocycles. The summed E-state index contributed by atoms with van der Waals surface area (Å²) in [6.07, 6.45) is 2.42. The van der Waals surface area contributed by atoms with Gasteiger partial charge in [0.05, 0.1) is 12.1 Å². The molecule has 2 fully saturated rings. The van der Waals surface area contributed by atoms with Crippen LogP contribution in [-0.2, 0) is 4.79 Å². The Morgan fingerprint density at radius 2 is 2.27 bits per heavy atom. The first-order valence-electron chi connectivity index (χ1n) is 5.73. The molecule has 1 aliphatic heterocycles. The molecular weight excluding hydrogens is 192 g/mol. The van der Waals surface area contributed by atoms with Gasteiger partial charge in [-0.15, -0.1) is 0 Å². The van der Waals surface area contributed by atoms with E-state index in [1.807, 2.05) is 13.8 Å². The van der Waals surface area contributed by atoms with Crippen LogP contribution in [-0.4, -0.2) is 35.7 Å². The quantitative estimate of drug-likeness (QED) is 0.604. The van der Waals surface area contributed by atoms with Gasteiger partial charge >= 0.3 is 0 Å². The molecule has 0 aromatic carbocycles. The van der Waals surface area contributed by atoms with Crippen molar-refractivity contribution in [3.63, 3.8) is 0 Å². The van der Waals surface area contributed by atoms with Gasteiger partial charge in [-0.2, -0.15) is 0 Å². The molecule has 86 valence electrons. The molecule has 2 aliphatic rings. The van der Waals surface area contributed by atoms with Crippen molar-refractivity contribution in [3.8, 4) is 0 Å². The molecule has 15 heavy (non-hydrogen) atoms. The number of hydrogen-bond acceptors (Lipinski definition) is 3. The molecule has 0 radical (unpaired) electrons. The molecule has 0 aromatic heterocycles. The van der Waals surface area contributed by atoms with Crippen LogP contribution in [0.4, 0.5) is 0 Å². The van der Waals surface area contributed by atoms with Crippen LogP contribution >= 0.6 is 0 Å². The van der Waals surface area contributed by atoms with E-state index in [-0.39, 0.29) is 29.5 Å². The maximum absolute atomic E-state index is 11.8. The minimum Gasteiger partial charge on any atom is -0.392 e. The Hall–Kier alpha value is -0.610. The van der Waals surface area contributed by atoms with Gasteiger partial charge in [-0.1, -0.05) is 13.8 Å². The molecule has 3 N–H and O–H groups in total. The van der Waals surface area contributed by atoms with Crippen molar-refractivity contribution in [3.05, 3.63) is 0 Å². The molecule has 1 saturated carbocycles. The van der Waals surface area contributed by atoms with Crippen molar-refractivity contribution in [2.45, 2.75) is 51.3 Å². The molecule has 0 aromatic rings. The van der Waals surface area contributed by atoms with Gasteiger partial charge in [0.1, 0.15) is 0 Å². The number of aliphatic hydroxyl groups excluding tert-OH is 1. The molecule has 4 nitrogen and oxygen atoms in total. The van der Waals surface area contributed by atoms with E-state index in [1.165, 1.54) is 0 Å². The van der Waals surface area contributed by atoms with Gasteiger partial charge in [0.15, 0.2) is 0 Å². The van der Waals surface area contributed by atoms with Crippen LogP contribution in [0, 0.1) is 5.41 Å². The molecule has 1 amide bonds. The zero-order valence-corrected chi connectivity index (χ0v) is 9.42. The fraction of sp³-hybridized carbons (Fsp3) is 0.909. The van der Waals surface area contributed by atoms with E-state index in [9.17, 15) is 9.90 Å².